The lowest BCUT2D eigenvalue weighted by atomic mass is 10.0. The van der Waals surface area contributed by atoms with E-state index in [1.54, 1.807) is 0 Å². The zero-order valence-corrected chi connectivity index (χ0v) is 12.0. The Hall–Kier alpha value is -0.280. The van der Waals surface area contributed by atoms with E-state index in [-0.39, 0.29) is 18.4 Å². The van der Waals surface area contributed by atoms with Gasteiger partial charge in [0.25, 0.3) is 0 Å². The monoisotopic (exact) mass is 272 g/mol. The van der Waals surface area contributed by atoms with Gasteiger partial charge in [-0.2, -0.15) is 0 Å². The minimum absolute atomic E-state index is 0. The standard InChI is InChI=1S/C14H24N2O.ClH/c1-9(15)10-6-7-16(8-10)14(17)13-11-4-2-3-5-12(11)13;/h9-13H,2-8,15H2,1H3;1H. The summed E-state index contributed by atoms with van der Waals surface area (Å²) < 4.78 is 0. The molecule has 0 spiro atoms. The number of amides is 1. The summed E-state index contributed by atoms with van der Waals surface area (Å²) in [5.74, 6) is 2.85. The molecule has 2 saturated carbocycles. The van der Waals surface area contributed by atoms with E-state index in [9.17, 15) is 4.79 Å². The van der Waals surface area contributed by atoms with Crippen molar-refractivity contribution >= 4 is 18.3 Å². The van der Waals surface area contributed by atoms with Gasteiger partial charge in [-0.3, -0.25) is 4.79 Å². The summed E-state index contributed by atoms with van der Waals surface area (Å²) in [6.07, 6.45) is 6.38. The van der Waals surface area contributed by atoms with E-state index in [1.807, 2.05) is 0 Å². The number of nitrogens with two attached hydrogens (primary N) is 1. The third kappa shape index (κ3) is 2.39. The third-order valence-electron chi connectivity index (χ3n) is 5.22. The molecule has 1 amide bonds. The summed E-state index contributed by atoms with van der Waals surface area (Å²) in [6.45, 7) is 3.92. The van der Waals surface area contributed by atoms with E-state index in [1.165, 1.54) is 25.7 Å². The van der Waals surface area contributed by atoms with Crippen molar-refractivity contribution in [3.63, 3.8) is 0 Å². The highest BCUT2D eigenvalue weighted by molar-refractivity contribution is 5.85. The average Bonchev–Trinajstić information content (AvgIpc) is 2.83. The molecule has 2 aliphatic carbocycles. The molecule has 104 valence electrons. The molecule has 0 radical (unpaired) electrons. The Morgan fingerprint density at radius 2 is 1.83 bits per heavy atom. The molecule has 0 bridgehead atoms. The minimum atomic E-state index is 0. The molecular weight excluding hydrogens is 248 g/mol. The minimum Gasteiger partial charge on any atom is -0.342 e. The van der Waals surface area contributed by atoms with Gasteiger partial charge in [0.15, 0.2) is 0 Å². The molecule has 1 aliphatic heterocycles. The van der Waals surface area contributed by atoms with Crippen molar-refractivity contribution in [2.45, 2.75) is 45.1 Å². The molecule has 4 atom stereocenters. The molecule has 1 heterocycles. The van der Waals surface area contributed by atoms with Crippen LogP contribution in [-0.2, 0) is 4.79 Å². The lowest BCUT2D eigenvalue weighted by Gasteiger charge is -2.18. The van der Waals surface area contributed by atoms with Crippen LogP contribution in [0.4, 0.5) is 0 Å². The first kappa shape index (κ1) is 14.1. The van der Waals surface area contributed by atoms with Gasteiger partial charge in [-0.25, -0.2) is 0 Å². The first-order valence-electron chi connectivity index (χ1n) is 7.23. The summed E-state index contributed by atoms with van der Waals surface area (Å²) >= 11 is 0. The Bertz CT molecular complexity index is 309. The topological polar surface area (TPSA) is 46.3 Å². The van der Waals surface area contributed by atoms with Crippen LogP contribution in [0.3, 0.4) is 0 Å². The summed E-state index contributed by atoms with van der Waals surface area (Å²) in [5, 5.41) is 0. The quantitative estimate of drug-likeness (QED) is 0.836. The summed E-state index contributed by atoms with van der Waals surface area (Å²) in [5.41, 5.74) is 5.93. The van der Waals surface area contributed by atoms with Crippen LogP contribution in [0.15, 0.2) is 0 Å². The van der Waals surface area contributed by atoms with Crippen LogP contribution >= 0.6 is 12.4 Å². The SMILES string of the molecule is CC(N)C1CCN(C(=O)C2C3CCCCC32)C1.Cl. The summed E-state index contributed by atoms with van der Waals surface area (Å²) in [7, 11) is 0. The molecule has 0 aromatic heterocycles. The molecule has 0 aromatic rings. The van der Waals surface area contributed by atoms with Gasteiger partial charge in [0, 0.05) is 25.0 Å². The Balaban J connectivity index is 0.00000120. The van der Waals surface area contributed by atoms with E-state index in [0.717, 1.165) is 31.3 Å². The second kappa shape index (κ2) is 5.38. The van der Waals surface area contributed by atoms with Crippen LogP contribution in [0.5, 0.6) is 0 Å². The van der Waals surface area contributed by atoms with Gasteiger partial charge in [0.05, 0.1) is 0 Å². The van der Waals surface area contributed by atoms with Crippen molar-refractivity contribution in [2.75, 3.05) is 13.1 Å². The van der Waals surface area contributed by atoms with Gasteiger partial charge in [0.2, 0.25) is 5.91 Å². The van der Waals surface area contributed by atoms with Gasteiger partial charge < -0.3 is 10.6 Å². The van der Waals surface area contributed by atoms with Crippen LogP contribution in [0, 0.1) is 23.7 Å². The molecule has 3 aliphatic rings. The van der Waals surface area contributed by atoms with Crippen molar-refractivity contribution < 1.29 is 4.79 Å². The summed E-state index contributed by atoms with van der Waals surface area (Å²) in [6, 6.07) is 0.231. The van der Waals surface area contributed by atoms with Crippen LogP contribution in [0.1, 0.15) is 39.0 Å². The number of nitrogens with zero attached hydrogens (tertiary/aromatic N) is 1. The van der Waals surface area contributed by atoms with E-state index in [4.69, 9.17) is 5.73 Å². The number of carbonyl (C=O) groups is 1. The number of hydrogen-bond donors (Lipinski definition) is 1. The highest BCUT2D eigenvalue weighted by Gasteiger charge is 2.56. The van der Waals surface area contributed by atoms with E-state index < -0.39 is 0 Å². The maximum absolute atomic E-state index is 12.4. The number of rotatable bonds is 2. The molecule has 3 fully saturated rings. The number of likely N-dealkylation sites (tertiary alicyclic amines) is 1. The molecule has 3 rings (SSSR count). The van der Waals surface area contributed by atoms with Gasteiger partial charge in [0.1, 0.15) is 0 Å². The first-order chi connectivity index (χ1) is 8.18. The number of halogens is 1. The number of carbonyl (C=O) groups excluding carboxylic acids is 1. The second-order valence-electron chi connectivity index (χ2n) is 6.33. The van der Waals surface area contributed by atoms with Crippen molar-refractivity contribution in [3.05, 3.63) is 0 Å². The van der Waals surface area contributed by atoms with Crippen LogP contribution in [0.25, 0.3) is 0 Å². The normalized spacial score (nSPS) is 39.8. The Labute approximate surface area is 116 Å². The van der Waals surface area contributed by atoms with Gasteiger partial charge >= 0.3 is 0 Å². The number of fused-ring (bicyclic) bond motifs is 1. The third-order valence-corrected chi connectivity index (χ3v) is 5.22. The molecular formula is C14H25ClN2O. The van der Waals surface area contributed by atoms with Crippen molar-refractivity contribution in [1.82, 2.24) is 4.90 Å². The molecule has 4 heteroatoms. The highest BCUT2D eigenvalue weighted by atomic mass is 35.5. The smallest absolute Gasteiger partial charge is 0.226 e. The molecule has 0 aromatic carbocycles. The Morgan fingerprint density at radius 3 is 2.33 bits per heavy atom. The lowest BCUT2D eigenvalue weighted by molar-refractivity contribution is -0.132. The first-order valence-corrected chi connectivity index (χ1v) is 7.23. The molecule has 18 heavy (non-hydrogen) atoms. The molecule has 1 saturated heterocycles. The number of hydrogen-bond acceptors (Lipinski definition) is 2. The van der Waals surface area contributed by atoms with E-state index in [0.29, 0.717) is 17.7 Å². The maximum atomic E-state index is 12.4. The zero-order chi connectivity index (χ0) is 12.0. The lowest BCUT2D eigenvalue weighted by Crippen LogP contribution is -2.34. The van der Waals surface area contributed by atoms with E-state index >= 15 is 0 Å². The largest absolute Gasteiger partial charge is 0.342 e. The fourth-order valence-electron chi connectivity index (χ4n) is 3.99. The van der Waals surface area contributed by atoms with Crippen LogP contribution < -0.4 is 5.73 Å². The maximum Gasteiger partial charge on any atom is 0.226 e. The van der Waals surface area contributed by atoms with Gasteiger partial charge in [-0.05, 0) is 43.9 Å². The Kier molecular flexibility index (Phi) is 4.22. The van der Waals surface area contributed by atoms with Crippen LogP contribution in [0.2, 0.25) is 0 Å². The Morgan fingerprint density at radius 1 is 1.22 bits per heavy atom. The molecule has 4 unspecified atom stereocenters. The van der Waals surface area contributed by atoms with Gasteiger partial charge in [-0.15, -0.1) is 12.4 Å². The van der Waals surface area contributed by atoms with E-state index in [2.05, 4.69) is 11.8 Å². The fraction of sp³-hybridized carbons (Fsp3) is 0.929. The van der Waals surface area contributed by atoms with Crippen molar-refractivity contribution in [3.8, 4) is 0 Å². The highest BCUT2D eigenvalue weighted by Crippen LogP contribution is 2.56. The van der Waals surface area contributed by atoms with Crippen LogP contribution in [-0.4, -0.2) is 29.9 Å². The summed E-state index contributed by atoms with van der Waals surface area (Å²) in [4.78, 5) is 14.5. The fourth-order valence-corrected chi connectivity index (χ4v) is 3.99. The van der Waals surface area contributed by atoms with Gasteiger partial charge in [-0.1, -0.05) is 12.8 Å². The zero-order valence-electron chi connectivity index (χ0n) is 11.2. The molecule has 3 nitrogen and oxygen atoms in total. The second-order valence-corrected chi connectivity index (χ2v) is 6.33. The average molecular weight is 273 g/mol. The molecule has 2 N–H and O–H groups in total. The predicted molar refractivity (Wildman–Crippen MR) is 74.5 cm³/mol. The van der Waals surface area contributed by atoms with Crippen molar-refractivity contribution in [1.29, 1.82) is 0 Å². The predicted octanol–water partition coefficient (Wildman–Crippen LogP) is 2.04. The van der Waals surface area contributed by atoms with Crippen molar-refractivity contribution in [2.24, 2.45) is 29.4 Å².